The Morgan fingerprint density at radius 2 is 2.43 bits per heavy atom. The number of hydrogen-bond donors (Lipinski definition) is 1. The largest absolute Gasteiger partial charge is 0.376 e. The van der Waals surface area contributed by atoms with Crippen LogP contribution in [0.25, 0.3) is 0 Å². The standard InChI is InChI=1S/C11H19NO2/c1-3-4-5-6-10(12-2)11-9-13-7-8-14-11/h1,10-12H,4-9H2,2H3. The van der Waals surface area contributed by atoms with Crippen LogP contribution in [0.4, 0.5) is 0 Å². The van der Waals surface area contributed by atoms with Crippen LogP contribution in [0, 0.1) is 12.3 Å². The van der Waals surface area contributed by atoms with Crippen molar-refractivity contribution in [2.75, 3.05) is 26.9 Å². The molecule has 1 fully saturated rings. The van der Waals surface area contributed by atoms with E-state index >= 15 is 0 Å². The van der Waals surface area contributed by atoms with E-state index in [-0.39, 0.29) is 6.10 Å². The number of terminal acetylenes is 1. The first-order chi connectivity index (χ1) is 6.88. The van der Waals surface area contributed by atoms with Gasteiger partial charge in [-0.1, -0.05) is 0 Å². The summed E-state index contributed by atoms with van der Waals surface area (Å²) in [6.45, 7) is 2.12. The van der Waals surface area contributed by atoms with Gasteiger partial charge in [-0.25, -0.2) is 0 Å². The van der Waals surface area contributed by atoms with E-state index in [9.17, 15) is 0 Å². The average Bonchev–Trinajstić information content (AvgIpc) is 2.26. The fourth-order valence-electron chi connectivity index (χ4n) is 1.68. The first-order valence-electron chi connectivity index (χ1n) is 5.18. The van der Waals surface area contributed by atoms with Gasteiger partial charge in [-0.2, -0.15) is 0 Å². The lowest BCUT2D eigenvalue weighted by Crippen LogP contribution is -2.45. The molecule has 3 heteroatoms. The highest BCUT2D eigenvalue weighted by Gasteiger charge is 2.22. The molecule has 0 spiro atoms. The Balaban J connectivity index is 2.25. The summed E-state index contributed by atoms with van der Waals surface area (Å²) < 4.78 is 11.0. The van der Waals surface area contributed by atoms with E-state index in [2.05, 4.69) is 11.2 Å². The molecule has 1 N–H and O–H groups in total. The smallest absolute Gasteiger partial charge is 0.0961 e. The van der Waals surface area contributed by atoms with E-state index in [4.69, 9.17) is 15.9 Å². The molecular formula is C11H19NO2. The Morgan fingerprint density at radius 1 is 1.57 bits per heavy atom. The second-order valence-electron chi connectivity index (χ2n) is 3.48. The summed E-state index contributed by atoms with van der Waals surface area (Å²) in [5.41, 5.74) is 0. The summed E-state index contributed by atoms with van der Waals surface area (Å²) in [7, 11) is 1.96. The van der Waals surface area contributed by atoms with Crippen molar-refractivity contribution in [2.24, 2.45) is 0 Å². The lowest BCUT2D eigenvalue weighted by molar-refractivity contribution is -0.101. The van der Waals surface area contributed by atoms with E-state index in [0.717, 1.165) is 25.9 Å². The molecule has 2 unspecified atom stereocenters. The summed E-state index contributed by atoms with van der Waals surface area (Å²) in [6, 6.07) is 0.364. The van der Waals surface area contributed by atoms with Crippen molar-refractivity contribution in [3.05, 3.63) is 0 Å². The Bertz CT molecular complexity index is 182. The molecule has 0 bridgehead atoms. The summed E-state index contributed by atoms with van der Waals surface area (Å²) in [5, 5.41) is 3.26. The molecule has 0 amide bonds. The molecule has 2 atom stereocenters. The molecule has 1 saturated heterocycles. The second-order valence-corrected chi connectivity index (χ2v) is 3.48. The van der Waals surface area contributed by atoms with Crippen LogP contribution in [0.15, 0.2) is 0 Å². The van der Waals surface area contributed by atoms with Crippen LogP contribution in [0.5, 0.6) is 0 Å². The summed E-state index contributed by atoms with van der Waals surface area (Å²) in [4.78, 5) is 0. The topological polar surface area (TPSA) is 30.5 Å². The molecule has 0 aromatic carbocycles. The molecule has 0 radical (unpaired) electrons. The molecule has 1 aliphatic rings. The van der Waals surface area contributed by atoms with Crippen molar-refractivity contribution in [1.29, 1.82) is 0 Å². The minimum atomic E-state index is 0.187. The maximum Gasteiger partial charge on any atom is 0.0961 e. The van der Waals surface area contributed by atoms with Crippen molar-refractivity contribution in [1.82, 2.24) is 5.32 Å². The van der Waals surface area contributed by atoms with Crippen LogP contribution in [-0.4, -0.2) is 39.0 Å². The number of hydrogen-bond acceptors (Lipinski definition) is 3. The maximum absolute atomic E-state index is 5.62. The quantitative estimate of drug-likeness (QED) is 0.522. The van der Waals surface area contributed by atoms with Gasteiger partial charge in [0, 0.05) is 12.5 Å². The number of ether oxygens (including phenoxy) is 2. The number of unbranched alkanes of at least 4 members (excludes halogenated alkanes) is 1. The molecule has 1 heterocycles. The van der Waals surface area contributed by atoms with Crippen molar-refractivity contribution in [3.8, 4) is 12.3 Å². The first-order valence-corrected chi connectivity index (χ1v) is 5.18. The van der Waals surface area contributed by atoms with Crippen molar-refractivity contribution < 1.29 is 9.47 Å². The molecule has 0 aliphatic carbocycles. The van der Waals surface area contributed by atoms with Crippen LogP contribution in [-0.2, 0) is 9.47 Å². The van der Waals surface area contributed by atoms with Crippen LogP contribution >= 0.6 is 0 Å². The zero-order valence-electron chi connectivity index (χ0n) is 8.79. The summed E-state index contributed by atoms with van der Waals surface area (Å²) in [5.74, 6) is 2.65. The molecule has 1 aliphatic heterocycles. The van der Waals surface area contributed by atoms with Gasteiger partial charge < -0.3 is 14.8 Å². The first kappa shape index (κ1) is 11.5. The Labute approximate surface area is 86.2 Å². The van der Waals surface area contributed by atoms with Gasteiger partial charge in [0.15, 0.2) is 0 Å². The number of likely N-dealkylation sites (N-methyl/N-ethyl adjacent to an activating group) is 1. The van der Waals surface area contributed by atoms with Gasteiger partial charge in [0.2, 0.25) is 0 Å². The SMILES string of the molecule is C#CCCCC(NC)C1COCCO1. The van der Waals surface area contributed by atoms with Gasteiger partial charge in [-0.3, -0.25) is 0 Å². The average molecular weight is 197 g/mol. The van der Waals surface area contributed by atoms with E-state index < -0.39 is 0 Å². The minimum absolute atomic E-state index is 0.187. The van der Waals surface area contributed by atoms with Crippen molar-refractivity contribution >= 4 is 0 Å². The van der Waals surface area contributed by atoms with Gasteiger partial charge in [-0.15, -0.1) is 12.3 Å². The zero-order valence-corrected chi connectivity index (χ0v) is 8.79. The van der Waals surface area contributed by atoms with Crippen molar-refractivity contribution in [3.63, 3.8) is 0 Å². The highest BCUT2D eigenvalue weighted by atomic mass is 16.6. The predicted molar refractivity (Wildman–Crippen MR) is 56.1 cm³/mol. The number of rotatable bonds is 5. The van der Waals surface area contributed by atoms with Gasteiger partial charge in [0.05, 0.1) is 25.9 Å². The maximum atomic E-state index is 5.62. The van der Waals surface area contributed by atoms with E-state index in [1.165, 1.54) is 0 Å². The van der Waals surface area contributed by atoms with Crippen LogP contribution in [0.2, 0.25) is 0 Å². The number of nitrogens with one attached hydrogen (secondary N) is 1. The van der Waals surface area contributed by atoms with Gasteiger partial charge in [0.25, 0.3) is 0 Å². The Kier molecular flexibility index (Phi) is 5.62. The van der Waals surface area contributed by atoms with Crippen molar-refractivity contribution in [2.45, 2.75) is 31.4 Å². The van der Waals surface area contributed by atoms with Gasteiger partial charge in [-0.05, 0) is 19.9 Å². The molecule has 0 aromatic rings. The molecule has 0 saturated carbocycles. The highest BCUT2D eigenvalue weighted by Crippen LogP contribution is 2.11. The molecule has 1 rings (SSSR count). The third-order valence-corrected chi connectivity index (χ3v) is 2.50. The molecule has 0 aromatic heterocycles. The highest BCUT2D eigenvalue weighted by molar-refractivity contribution is 4.85. The molecule has 14 heavy (non-hydrogen) atoms. The fraction of sp³-hybridized carbons (Fsp3) is 0.818. The normalized spacial score (nSPS) is 24.1. The third kappa shape index (κ3) is 3.67. The third-order valence-electron chi connectivity index (χ3n) is 2.50. The summed E-state index contributed by atoms with van der Waals surface area (Å²) in [6.07, 6.45) is 8.33. The van der Waals surface area contributed by atoms with E-state index in [1.54, 1.807) is 0 Å². The second kappa shape index (κ2) is 6.83. The summed E-state index contributed by atoms with van der Waals surface area (Å²) >= 11 is 0. The molecule has 80 valence electrons. The molecule has 3 nitrogen and oxygen atoms in total. The van der Waals surface area contributed by atoms with Crippen LogP contribution in [0.3, 0.4) is 0 Å². The fourth-order valence-corrected chi connectivity index (χ4v) is 1.68. The lowest BCUT2D eigenvalue weighted by atomic mass is 10.0. The zero-order chi connectivity index (χ0) is 10.2. The van der Waals surface area contributed by atoms with Crippen LogP contribution < -0.4 is 5.32 Å². The Hall–Kier alpha value is -0.560. The van der Waals surface area contributed by atoms with Crippen LogP contribution in [0.1, 0.15) is 19.3 Å². The monoisotopic (exact) mass is 197 g/mol. The van der Waals surface area contributed by atoms with E-state index in [1.807, 2.05) is 7.05 Å². The predicted octanol–water partition coefficient (Wildman–Crippen LogP) is 0.793. The van der Waals surface area contributed by atoms with Gasteiger partial charge >= 0.3 is 0 Å². The Morgan fingerprint density at radius 3 is 3.00 bits per heavy atom. The minimum Gasteiger partial charge on any atom is -0.376 e. The van der Waals surface area contributed by atoms with Gasteiger partial charge in [0.1, 0.15) is 0 Å². The molecular weight excluding hydrogens is 178 g/mol. The van der Waals surface area contributed by atoms with E-state index in [0.29, 0.717) is 19.3 Å². The lowest BCUT2D eigenvalue weighted by Gasteiger charge is -2.30.